The highest BCUT2D eigenvalue weighted by molar-refractivity contribution is 5.77. The molecule has 0 bridgehead atoms. The number of methoxy groups -OCH3 is 1. The molecule has 3 N–H and O–H groups in total. The summed E-state index contributed by atoms with van der Waals surface area (Å²) in [6, 6.07) is 4.80. The van der Waals surface area contributed by atoms with E-state index in [9.17, 15) is 9.18 Å². The molecule has 0 spiro atoms. The number of ether oxygens (including phenoxy) is 1. The van der Waals surface area contributed by atoms with Crippen LogP contribution in [0, 0.1) is 5.82 Å². The molecule has 0 aliphatic carbocycles. The fourth-order valence-electron chi connectivity index (χ4n) is 1.82. The van der Waals surface area contributed by atoms with E-state index in [0.29, 0.717) is 31.8 Å². The number of nitrogens with one attached hydrogen (secondary N) is 1. The van der Waals surface area contributed by atoms with Gasteiger partial charge in [0.15, 0.2) is 0 Å². The van der Waals surface area contributed by atoms with E-state index in [-0.39, 0.29) is 18.3 Å². The Balaban J connectivity index is 2.49. The van der Waals surface area contributed by atoms with Crippen LogP contribution in [0.2, 0.25) is 0 Å². The molecule has 0 aliphatic heterocycles. The lowest BCUT2D eigenvalue weighted by Crippen LogP contribution is -2.36. The molecule has 1 amide bonds. The summed E-state index contributed by atoms with van der Waals surface area (Å²) in [6.07, 6.45) is 0. The van der Waals surface area contributed by atoms with E-state index >= 15 is 0 Å². The van der Waals surface area contributed by atoms with Gasteiger partial charge in [0.1, 0.15) is 5.82 Å². The van der Waals surface area contributed by atoms with Gasteiger partial charge in [-0.2, -0.15) is 0 Å². The lowest BCUT2D eigenvalue weighted by Gasteiger charge is -2.17. The van der Waals surface area contributed by atoms with Gasteiger partial charge in [-0.05, 0) is 18.7 Å². The Morgan fingerprint density at radius 3 is 2.90 bits per heavy atom. The zero-order chi connectivity index (χ0) is 15.0. The summed E-state index contributed by atoms with van der Waals surface area (Å²) in [5.74, 6) is -0.395. The van der Waals surface area contributed by atoms with Crippen molar-refractivity contribution in [1.29, 1.82) is 0 Å². The van der Waals surface area contributed by atoms with Crippen molar-refractivity contribution in [1.82, 2.24) is 10.2 Å². The minimum Gasteiger partial charge on any atom is -0.383 e. The molecule has 0 aromatic heterocycles. The number of hydrogen-bond acceptors (Lipinski definition) is 4. The zero-order valence-corrected chi connectivity index (χ0v) is 12.0. The van der Waals surface area contributed by atoms with Gasteiger partial charge in [-0.3, -0.25) is 9.69 Å². The van der Waals surface area contributed by atoms with Gasteiger partial charge in [-0.1, -0.05) is 12.1 Å². The molecule has 0 unspecified atom stereocenters. The van der Waals surface area contributed by atoms with Crippen LogP contribution < -0.4 is 11.1 Å². The molecule has 6 heteroatoms. The fourth-order valence-corrected chi connectivity index (χ4v) is 1.82. The van der Waals surface area contributed by atoms with Crippen LogP contribution in [0.25, 0.3) is 0 Å². The summed E-state index contributed by atoms with van der Waals surface area (Å²) >= 11 is 0. The zero-order valence-electron chi connectivity index (χ0n) is 12.0. The molecule has 1 aromatic rings. The smallest absolute Gasteiger partial charge is 0.234 e. The van der Waals surface area contributed by atoms with E-state index in [2.05, 4.69) is 5.32 Å². The Hall–Kier alpha value is -1.50. The molecular formula is C14H22FN3O2. The predicted octanol–water partition coefficient (Wildman–Crippen LogP) is 0.479. The van der Waals surface area contributed by atoms with Crippen molar-refractivity contribution in [3.8, 4) is 0 Å². The molecule has 0 radical (unpaired) electrons. The lowest BCUT2D eigenvalue weighted by molar-refractivity contribution is -0.122. The van der Waals surface area contributed by atoms with E-state index in [1.165, 1.54) is 6.07 Å². The Labute approximate surface area is 118 Å². The third kappa shape index (κ3) is 5.64. The summed E-state index contributed by atoms with van der Waals surface area (Å²) in [7, 11) is 3.34. The number of nitrogens with two attached hydrogens (primary N) is 1. The van der Waals surface area contributed by atoms with E-state index < -0.39 is 0 Å². The molecule has 5 nitrogen and oxygen atoms in total. The highest BCUT2D eigenvalue weighted by Crippen LogP contribution is 2.12. The van der Waals surface area contributed by atoms with Crippen molar-refractivity contribution in [3.05, 3.63) is 35.1 Å². The van der Waals surface area contributed by atoms with Crippen LogP contribution in [-0.4, -0.2) is 44.7 Å². The van der Waals surface area contributed by atoms with Crippen LogP contribution in [0.4, 0.5) is 4.39 Å². The van der Waals surface area contributed by atoms with Crippen LogP contribution in [-0.2, 0) is 22.6 Å². The van der Waals surface area contributed by atoms with E-state index in [0.717, 1.165) is 5.56 Å². The quantitative estimate of drug-likeness (QED) is 0.681. The van der Waals surface area contributed by atoms with Gasteiger partial charge in [0.05, 0.1) is 13.2 Å². The second kappa shape index (κ2) is 8.63. The molecule has 1 rings (SSSR count). The SMILES string of the molecule is COCCNC(=O)CN(C)Cc1cc(CN)ccc1F. The fraction of sp³-hybridized carbons (Fsp3) is 0.500. The molecular weight excluding hydrogens is 261 g/mol. The van der Waals surface area contributed by atoms with E-state index in [1.54, 1.807) is 31.2 Å². The second-order valence-corrected chi connectivity index (χ2v) is 4.64. The molecule has 20 heavy (non-hydrogen) atoms. The molecule has 0 saturated carbocycles. The largest absolute Gasteiger partial charge is 0.383 e. The number of likely N-dealkylation sites (N-methyl/N-ethyl adjacent to an activating group) is 1. The maximum Gasteiger partial charge on any atom is 0.234 e. The van der Waals surface area contributed by atoms with Gasteiger partial charge < -0.3 is 15.8 Å². The van der Waals surface area contributed by atoms with Crippen molar-refractivity contribution in [2.75, 3.05) is 33.9 Å². The first-order valence-electron chi connectivity index (χ1n) is 6.48. The summed E-state index contributed by atoms with van der Waals surface area (Å²) in [5.41, 5.74) is 6.95. The summed E-state index contributed by atoms with van der Waals surface area (Å²) in [4.78, 5) is 13.4. The Morgan fingerprint density at radius 1 is 1.50 bits per heavy atom. The summed E-state index contributed by atoms with van der Waals surface area (Å²) in [5, 5.41) is 2.72. The van der Waals surface area contributed by atoms with Crippen molar-refractivity contribution < 1.29 is 13.9 Å². The number of rotatable bonds is 8. The van der Waals surface area contributed by atoms with Crippen molar-refractivity contribution >= 4 is 5.91 Å². The highest BCUT2D eigenvalue weighted by atomic mass is 19.1. The average molecular weight is 283 g/mol. The van der Waals surface area contributed by atoms with Crippen molar-refractivity contribution in [3.63, 3.8) is 0 Å². The van der Waals surface area contributed by atoms with Gasteiger partial charge in [0.25, 0.3) is 0 Å². The van der Waals surface area contributed by atoms with Gasteiger partial charge in [-0.25, -0.2) is 4.39 Å². The number of nitrogens with zero attached hydrogens (tertiary/aromatic N) is 1. The predicted molar refractivity (Wildman–Crippen MR) is 75.5 cm³/mol. The third-order valence-corrected chi connectivity index (χ3v) is 2.83. The molecule has 112 valence electrons. The Morgan fingerprint density at radius 2 is 2.25 bits per heavy atom. The summed E-state index contributed by atoms with van der Waals surface area (Å²) in [6.45, 7) is 1.88. The van der Waals surface area contributed by atoms with Crippen LogP contribution >= 0.6 is 0 Å². The molecule has 0 saturated heterocycles. The van der Waals surface area contributed by atoms with Gasteiger partial charge >= 0.3 is 0 Å². The third-order valence-electron chi connectivity index (χ3n) is 2.83. The van der Waals surface area contributed by atoms with E-state index in [1.807, 2.05) is 0 Å². The Kier molecular flexibility index (Phi) is 7.14. The van der Waals surface area contributed by atoms with Gasteiger partial charge in [-0.15, -0.1) is 0 Å². The molecule has 0 atom stereocenters. The van der Waals surface area contributed by atoms with E-state index in [4.69, 9.17) is 10.5 Å². The van der Waals surface area contributed by atoms with Crippen molar-refractivity contribution in [2.45, 2.75) is 13.1 Å². The Bertz CT molecular complexity index is 440. The van der Waals surface area contributed by atoms with Crippen LogP contribution in [0.3, 0.4) is 0 Å². The average Bonchev–Trinajstić information content (AvgIpc) is 2.41. The number of hydrogen-bond donors (Lipinski definition) is 2. The minimum absolute atomic E-state index is 0.111. The molecule has 0 aliphatic rings. The molecule has 0 fully saturated rings. The van der Waals surface area contributed by atoms with Gasteiger partial charge in [0, 0.05) is 32.3 Å². The standard InChI is InChI=1S/C14H22FN3O2/c1-18(10-14(19)17-5-6-20-2)9-12-7-11(8-16)3-4-13(12)15/h3-4,7H,5-6,8-10,16H2,1-2H3,(H,17,19). The van der Waals surface area contributed by atoms with Crippen LogP contribution in [0.15, 0.2) is 18.2 Å². The first-order valence-corrected chi connectivity index (χ1v) is 6.48. The second-order valence-electron chi connectivity index (χ2n) is 4.64. The first-order chi connectivity index (χ1) is 9.56. The van der Waals surface area contributed by atoms with Gasteiger partial charge in [0.2, 0.25) is 5.91 Å². The maximum atomic E-state index is 13.7. The first kappa shape index (κ1) is 16.6. The minimum atomic E-state index is -0.283. The molecule has 0 heterocycles. The normalized spacial score (nSPS) is 10.8. The number of amides is 1. The monoisotopic (exact) mass is 283 g/mol. The highest BCUT2D eigenvalue weighted by Gasteiger charge is 2.10. The number of carbonyl (C=O) groups is 1. The lowest BCUT2D eigenvalue weighted by atomic mass is 10.1. The summed E-state index contributed by atoms with van der Waals surface area (Å²) < 4.78 is 18.5. The van der Waals surface area contributed by atoms with Crippen LogP contribution in [0.1, 0.15) is 11.1 Å². The number of benzene rings is 1. The number of carbonyl (C=O) groups excluding carboxylic acids is 1. The number of halogens is 1. The van der Waals surface area contributed by atoms with Crippen LogP contribution in [0.5, 0.6) is 0 Å². The molecule has 1 aromatic carbocycles. The topological polar surface area (TPSA) is 67.6 Å². The van der Waals surface area contributed by atoms with Crippen molar-refractivity contribution in [2.24, 2.45) is 5.73 Å². The maximum absolute atomic E-state index is 13.7.